The van der Waals surface area contributed by atoms with E-state index in [1.165, 1.54) is 79.9 Å². The third kappa shape index (κ3) is 4.72. The van der Waals surface area contributed by atoms with Crippen molar-refractivity contribution in [2.75, 3.05) is 0 Å². The summed E-state index contributed by atoms with van der Waals surface area (Å²) in [4.78, 5) is 29.5. The van der Waals surface area contributed by atoms with Crippen molar-refractivity contribution in [2.45, 2.75) is 49.4 Å². The van der Waals surface area contributed by atoms with E-state index in [9.17, 15) is 20.2 Å². The number of hydrogen-bond donors (Lipinski definition) is 0. The van der Waals surface area contributed by atoms with Crippen LogP contribution in [0.5, 0.6) is 23.3 Å². The lowest BCUT2D eigenvalue weighted by Crippen LogP contribution is -2.55. The molecule has 0 unspecified atom stereocenters. The molecule has 10 nitrogen and oxygen atoms in total. The molecular formula is C32H28N4O6. The number of rotatable bonds is 8. The van der Waals surface area contributed by atoms with Crippen LogP contribution in [-0.4, -0.2) is 19.8 Å². The smallest absolute Gasteiger partial charge is 0.276 e. The zero-order valence-corrected chi connectivity index (χ0v) is 22.7. The van der Waals surface area contributed by atoms with Gasteiger partial charge in [0, 0.05) is 24.5 Å². The van der Waals surface area contributed by atoms with Crippen molar-refractivity contribution >= 4 is 11.4 Å². The minimum absolute atomic E-state index is 0.0595. The first kappa shape index (κ1) is 26.1. The Labute approximate surface area is 241 Å². The Kier molecular flexibility index (Phi) is 6.14. The van der Waals surface area contributed by atoms with Gasteiger partial charge >= 0.3 is 0 Å². The number of nitrogens with zero attached hydrogens (tertiary/aromatic N) is 4. The Morgan fingerprint density at radius 3 is 1.43 bits per heavy atom. The molecule has 4 saturated carbocycles. The van der Waals surface area contributed by atoms with Crippen LogP contribution in [0.1, 0.15) is 49.7 Å². The molecule has 4 aliphatic carbocycles. The Morgan fingerprint density at radius 2 is 1.05 bits per heavy atom. The molecular weight excluding hydrogens is 536 g/mol. The first-order chi connectivity index (χ1) is 20.3. The first-order valence-corrected chi connectivity index (χ1v) is 14.1. The summed E-state index contributed by atoms with van der Waals surface area (Å²) in [5.74, 6) is 2.92. The van der Waals surface area contributed by atoms with E-state index in [0.717, 1.165) is 6.42 Å². The molecule has 4 aliphatic rings. The number of nitro groups is 2. The van der Waals surface area contributed by atoms with Crippen LogP contribution < -0.4 is 9.47 Å². The molecule has 0 spiro atoms. The molecule has 4 aromatic rings. The van der Waals surface area contributed by atoms with Crippen LogP contribution in [0.2, 0.25) is 0 Å². The van der Waals surface area contributed by atoms with Crippen molar-refractivity contribution in [1.29, 1.82) is 0 Å². The summed E-state index contributed by atoms with van der Waals surface area (Å²) in [6, 6.07) is 21.7. The van der Waals surface area contributed by atoms with Gasteiger partial charge in [-0.15, -0.1) is 0 Å². The van der Waals surface area contributed by atoms with Crippen LogP contribution in [0.4, 0.5) is 11.4 Å². The molecule has 0 aliphatic heterocycles. The van der Waals surface area contributed by atoms with E-state index in [1.54, 1.807) is 0 Å². The Bertz CT molecular complexity index is 1540. The minimum Gasteiger partial charge on any atom is -0.439 e. The highest BCUT2D eigenvalue weighted by atomic mass is 16.6. The molecule has 212 valence electrons. The topological polar surface area (TPSA) is 131 Å². The standard InChI is InChI=1S/C32H28N4O6/c37-35(38)25-9-11-33-29(14-25)41-27-5-1-23(2-6-27)31-16-21-13-22(17-31)19-32(18-21,20-31)24-3-7-28(8-4-24)42-30-15-26(36(39)40)10-12-34-30/h1-12,14-15,21-22H,13,16-20H2. The van der Waals surface area contributed by atoms with E-state index < -0.39 is 9.85 Å². The van der Waals surface area contributed by atoms with Gasteiger partial charge in [0.25, 0.3) is 11.4 Å². The van der Waals surface area contributed by atoms with E-state index in [-0.39, 0.29) is 34.0 Å². The highest BCUT2D eigenvalue weighted by Crippen LogP contribution is 2.66. The lowest BCUT2D eigenvalue weighted by Gasteiger charge is -2.62. The highest BCUT2D eigenvalue weighted by Gasteiger charge is 2.58. The molecule has 2 aromatic carbocycles. The van der Waals surface area contributed by atoms with Gasteiger partial charge in [-0.05, 0) is 96.6 Å². The highest BCUT2D eigenvalue weighted by molar-refractivity contribution is 5.43. The van der Waals surface area contributed by atoms with E-state index >= 15 is 0 Å². The van der Waals surface area contributed by atoms with Gasteiger partial charge in [0.1, 0.15) is 11.5 Å². The lowest BCUT2D eigenvalue weighted by molar-refractivity contribution is -0.385. The van der Waals surface area contributed by atoms with Crippen molar-refractivity contribution < 1.29 is 19.3 Å². The maximum absolute atomic E-state index is 11.1. The van der Waals surface area contributed by atoms with Gasteiger partial charge < -0.3 is 9.47 Å². The maximum atomic E-state index is 11.1. The Balaban J connectivity index is 1.11. The molecule has 42 heavy (non-hydrogen) atoms. The molecule has 2 heterocycles. The predicted molar refractivity (Wildman–Crippen MR) is 153 cm³/mol. The van der Waals surface area contributed by atoms with Gasteiger partial charge in [-0.25, -0.2) is 9.97 Å². The van der Waals surface area contributed by atoms with Gasteiger partial charge in [-0.2, -0.15) is 0 Å². The molecule has 2 aromatic heterocycles. The summed E-state index contributed by atoms with van der Waals surface area (Å²) in [5.41, 5.74) is 2.70. The number of pyridine rings is 2. The molecule has 0 radical (unpaired) electrons. The number of benzene rings is 2. The van der Waals surface area contributed by atoms with Crippen molar-refractivity contribution in [3.05, 3.63) is 117 Å². The van der Waals surface area contributed by atoms with E-state index in [4.69, 9.17) is 9.47 Å². The van der Waals surface area contributed by atoms with E-state index in [2.05, 4.69) is 34.2 Å². The minimum atomic E-state index is -0.463. The molecule has 0 atom stereocenters. The summed E-state index contributed by atoms with van der Waals surface area (Å²) in [6.45, 7) is 0. The predicted octanol–water partition coefficient (Wildman–Crippen LogP) is 7.67. The van der Waals surface area contributed by atoms with Gasteiger partial charge in [0.15, 0.2) is 0 Å². The normalized spacial score (nSPS) is 25.6. The molecule has 0 N–H and O–H groups in total. The molecule has 0 saturated heterocycles. The summed E-state index contributed by atoms with van der Waals surface area (Å²) in [7, 11) is 0. The van der Waals surface area contributed by atoms with Crippen LogP contribution in [0.15, 0.2) is 85.2 Å². The first-order valence-electron chi connectivity index (χ1n) is 14.1. The van der Waals surface area contributed by atoms with Crippen LogP contribution >= 0.6 is 0 Å². The van der Waals surface area contributed by atoms with Crippen LogP contribution in [-0.2, 0) is 10.8 Å². The number of aromatic nitrogens is 2. The quantitative estimate of drug-likeness (QED) is 0.157. The van der Waals surface area contributed by atoms with Crippen molar-refractivity contribution in [3.8, 4) is 23.3 Å². The van der Waals surface area contributed by atoms with E-state index in [0.29, 0.717) is 23.3 Å². The molecule has 0 amide bonds. The average Bonchev–Trinajstić information content (AvgIpc) is 2.97. The third-order valence-corrected chi connectivity index (χ3v) is 9.30. The van der Waals surface area contributed by atoms with Crippen LogP contribution in [0.25, 0.3) is 0 Å². The molecule has 4 bridgehead atoms. The fourth-order valence-electron chi connectivity index (χ4n) is 8.07. The largest absolute Gasteiger partial charge is 0.439 e. The molecule has 10 heteroatoms. The lowest BCUT2D eigenvalue weighted by atomic mass is 9.42. The molecule has 8 rings (SSSR count). The second-order valence-electron chi connectivity index (χ2n) is 12.0. The SMILES string of the molecule is O=[N+]([O-])c1ccnc(Oc2ccc(C34CC5CC(C3)CC(c3ccc(Oc6cc([N+](=O)[O-])ccn6)cc3)(C5)C4)cc2)c1. The van der Waals surface area contributed by atoms with E-state index in [1.807, 2.05) is 24.3 Å². The van der Waals surface area contributed by atoms with Crippen LogP contribution in [0, 0.1) is 32.1 Å². The van der Waals surface area contributed by atoms with Gasteiger partial charge in [0.2, 0.25) is 11.8 Å². The number of ether oxygens (including phenoxy) is 2. The van der Waals surface area contributed by atoms with Gasteiger partial charge in [0.05, 0.1) is 22.0 Å². The van der Waals surface area contributed by atoms with Gasteiger partial charge in [-0.1, -0.05) is 24.3 Å². The second kappa shape index (κ2) is 9.90. The van der Waals surface area contributed by atoms with Crippen LogP contribution in [0.3, 0.4) is 0 Å². The third-order valence-electron chi connectivity index (χ3n) is 9.30. The maximum Gasteiger partial charge on any atom is 0.276 e. The summed E-state index contributed by atoms with van der Waals surface area (Å²) in [5, 5.41) is 22.2. The molecule has 4 fully saturated rings. The summed E-state index contributed by atoms with van der Waals surface area (Å²) < 4.78 is 11.7. The van der Waals surface area contributed by atoms with Gasteiger partial charge in [-0.3, -0.25) is 20.2 Å². The fourth-order valence-corrected chi connectivity index (χ4v) is 8.07. The second-order valence-corrected chi connectivity index (χ2v) is 12.0. The Morgan fingerprint density at radius 1 is 0.643 bits per heavy atom. The monoisotopic (exact) mass is 564 g/mol. The number of hydrogen-bond acceptors (Lipinski definition) is 8. The Hall–Kier alpha value is -4.86. The summed E-state index contributed by atoms with van der Waals surface area (Å²) in [6.07, 6.45) is 9.82. The van der Waals surface area contributed by atoms with Crippen molar-refractivity contribution in [2.24, 2.45) is 11.8 Å². The summed E-state index contributed by atoms with van der Waals surface area (Å²) >= 11 is 0. The average molecular weight is 565 g/mol. The van der Waals surface area contributed by atoms with Crippen molar-refractivity contribution in [3.63, 3.8) is 0 Å². The zero-order valence-electron chi connectivity index (χ0n) is 22.7. The zero-order chi connectivity index (χ0) is 28.9. The van der Waals surface area contributed by atoms with Crippen molar-refractivity contribution in [1.82, 2.24) is 9.97 Å². The fraction of sp³-hybridized carbons (Fsp3) is 0.312.